The minimum absolute atomic E-state index is 0.0106. The third kappa shape index (κ3) is 3.53. The summed E-state index contributed by atoms with van der Waals surface area (Å²) < 4.78 is 0. The summed E-state index contributed by atoms with van der Waals surface area (Å²) in [6.07, 6.45) is 3.59. The molecular formula is C14H21NO2. The summed E-state index contributed by atoms with van der Waals surface area (Å²) >= 11 is 0. The highest BCUT2D eigenvalue weighted by Crippen LogP contribution is 2.21. The second-order valence-corrected chi connectivity index (χ2v) is 4.82. The average Bonchev–Trinajstić information content (AvgIpc) is 2.39. The molecular weight excluding hydrogens is 214 g/mol. The zero-order valence-electron chi connectivity index (χ0n) is 10.0. The van der Waals surface area contributed by atoms with Gasteiger partial charge in [0.05, 0.1) is 18.8 Å². The number of aliphatic hydroxyl groups is 2. The molecule has 94 valence electrons. The Balaban J connectivity index is 1.92. The summed E-state index contributed by atoms with van der Waals surface area (Å²) in [5.41, 5.74) is 1.13. The molecule has 0 heterocycles. The number of benzene rings is 1. The van der Waals surface area contributed by atoms with Gasteiger partial charge in [-0.15, -0.1) is 0 Å². The molecule has 0 amide bonds. The van der Waals surface area contributed by atoms with Crippen LogP contribution in [0, 0.1) is 0 Å². The predicted octanol–water partition coefficient (Wildman–Crippen LogP) is 1.61. The molecule has 3 nitrogen and oxygen atoms in total. The third-order valence-electron chi connectivity index (χ3n) is 3.52. The number of hydrogen-bond donors (Lipinski definition) is 3. The second-order valence-electron chi connectivity index (χ2n) is 4.82. The van der Waals surface area contributed by atoms with E-state index in [1.807, 2.05) is 30.3 Å². The van der Waals surface area contributed by atoms with Gasteiger partial charge in [0.15, 0.2) is 0 Å². The molecule has 0 saturated heterocycles. The van der Waals surface area contributed by atoms with Crippen molar-refractivity contribution in [2.75, 3.05) is 6.61 Å². The first-order valence-electron chi connectivity index (χ1n) is 6.39. The van der Waals surface area contributed by atoms with Gasteiger partial charge < -0.3 is 15.5 Å². The van der Waals surface area contributed by atoms with Crippen LogP contribution in [0.25, 0.3) is 0 Å². The Labute approximate surface area is 102 Å². The predicted molar refractivity (Wildman–Crippen MR) is 67.7 cm³/mol. The molecule has 1 aliphatic carbocycles. The van der Waals surface area contributed by atoms with Crippen molar-refractivity contribution in [1.82, 2.24) is 5.32 Å². The van der Waals surface area contributed by atoms with E-state index in [2.05, 4.69) is 5.32 Å². The summed E-state index contributed by atoms with van der Waals surface area (Å²) in [6.45, 7) is 0.114. The largest absolute Gasteiger partial charge is 0.394 e. The van der Waals surface area contributed by atoms with Gasteiger partial charge in [-0.3, -0.25) is 0 Å². The molecule has 1 aromatic carbocycles. The van der Waals surface area contributed by atoms with Crippen molar-refractivity contribution in [1.29, 1.82) is 0 Å². The molecule has 0 radical (unpaired) electrons. The average molecular weight is 235 g/mol. The summed E-state index contributed by atoms with van der Waals surface area (Å²) in [4.78, 5) is 0. The van der Waals surface area contributed by atoms with Crippen molar-refractivity contribution in [2.45, 2.75) is 43.9 Å². The summed E-state index contributed by atoms with van der Waals surface area (Å²) in [5, 5.41) is 22.4. The highest BCUT2D eigenvalue weighted by atomic mass is 16.3. The first-order valence-corrected chi connectivity index (χ1v) is 6.39. The van der Waals surface area contributed by atoms with E-state index in [-0.39, 0.29) is 18.8 Å². The highest BCUT2D eigenvalue weighted by Gasteiger charge is 2.22. The maximum Gasteiger partial charge on any atom is 0.0626 e. The van der Waals surface area contributed by atoms with Gasteiger partial charge in [0.1, 0.15) is 0 Å². The van der Waals surface area contributed by atoms with Crippen LogP contribution >= 0.6 is 0 Å². The number of rotatable bonds is 4. The number of nitrogens with one attached hydrogen (secondary N) is 1. The Morgan fingerprint density at radius 1 is 1.12 bits per heavy atom. The fraction of sp³-hybridized carbons (Fsp3) is 0.571. The molecule has 1 aliphatic rings. The minimum Gasteiger partial charge on any atom is -0.394 e. The summed E-state index contributed by atoms with van der Waals surface area (Å²) in [5.74, 6) is 0. The Morgan fingerprint density at radius 3 is 2.35 bits per heavy atom. The van der Waals surface area contributed by atoms with Gasteiger partial charge in [0.25, 0.3) is 0 Å². The van der Waals surface area contributed by atoms with Crippen molar-refractivity contribution in [3.8, 4) is 0 Å². The lowest BCUT2D eigenvalue weighted by molar-refractivity contribution is 0.110. The molecule has 0 aromatic heterocycles. The lowest BCUT2D eigenvalue weighted by Gasteiger charge is -2.30. The highest BCUT2D eigenvalue weighted by molar-refractivity contribution is 5.19. The van der Waals surface area contributed by atoms with Gasteiger partial charge in [0.2, 0.25) is 0 Å². The smallest absolute Gasteiger partial charge is 0.0626 e. The number of hydrogen-bond acceptors (Lipinski definition) is 3. The summed E-state index contributed by atoms with van der Waals surface area (Å²) in [6, 6.07) is 10.5. The van der Waals surface area contributed by atoms with Crippen molar-refractivity contribution in [2.24, 2.45) is 0 Å². The molecule has 0 spiro atoms. The van der Waals surface area contributed by atoms with Crippen LogP contribution in [0.3, 0.4) is 0 Å². The molecule has 3 heteroatoms. The molecule has 0 bridgehead atoms. The van der Waals surface area contributed by atoms with E-state index in [1.54, 1.807) is 0 Å². The van der Waals surface area contributed by atoms with Crippen molar-refractivity contribution in [3.63, 3.8) is 0 Å². The van der Waals surface area contributed by atoms with E-state index < -0.39 is 0 Å². The number of aliphatic hydroxyl groups excluding tert-OH is 2. The van der Waals surface area contributed by atoms with Crippen molar-refractivity contribution >= 4 is 0 Å². The normalized spacial score (nSPS) is 26.7. The molecule has 1 atom stereocenters. The molecule has 17 heavy (non-hydrogen) atoms. The van der Waals surface area contributed by atoms with Gasteiger partial charge in [-0.05, 0) is 31.2 Å². The van der Waals surface area contributed by atoms with Crippen LogP contribution in [0.5, 0.6) is 0 Å². The van der Waals surface area contributed by atoms with E-state index in [4.69, 9.17) is 0 Å². The standard InChI is InChI=1S/C14H21NO2/c16-10-14(11-4-2-1-3-5-11)15-12-6-8-13(17)9-7-12/h1-5,12-17H,6-10H2/t12?,13?,14-/m1/s1. The molecule has 2 rings (SSSR count). The molecule has 0 unspecified atom stereocenters. The van der Waals surface area contributed by atoms with E-state index in [1.165, 1.54) is 0 Å². The molecule has 1 fully saturated rings. The first-order chi connectivity index (χ1) is 8.29. The Morgan fingerprint density at radius 2 is 1.76 bits per heavy atom. The molecule has 1 saturated carbocycles. The van der Waals surface area contributed by atoms with Crippen molar-refractivity contribution < 1.29 is 10.2 Å². The second kappa shape index (κ2) is 6.15. The van der Waals surface area contributed by atoms with Gasteiger partial charge >= 0.3 is 0 Å². The fourth-order valence-electron chi connectivity index (χ4n) is 2.47. The Hall–Kier alpha value is -0.900. The fourth-order valence-corrected chi connectivity index (χ4v) is 2.47. The van der Waals surface area contributed by atoms with Gasteiger partial charge in [-0.25, -0.2) is 0 Å². The minimum atomic E-state index is -0.127. The Kier molecular flexibility index (Phi) is 4.54. The van der Waals surface area contributed by atoms with Crippen LogP contribution in [0.2, 0.25) is 0 Å². The van der Waals surface area contributed by atoms with Crippen LogP contribution < -0.4 is 5.32 Å². The van der Waals surface area contributed by atoms with Crippen LogP contribution in [0.1, 0.15) is 37.3 Å². The van der Waals surface area contributed by atoms with E-state index in [0.29, 0.717) is 6.04 Å². The van der Waals surface area contributed by atoms with Gasteiger partial charge in [-0.1, -0.05) is 30.3 Å². The zero-order chi connectivity index (χ0) is 12.1. The Bertz CT molecular complexity index is 320. The quantitative estimate of drug-likeness (QED) is 0.743. The maximum atomic E-state index is 9.46. The third-order valence-corrected chi connectivity index (χ3v) is 3.52. The molecule has 1 aromatic rings. The van der Waals surface area contributed by atoms with Crippen LogP contribution in [0.4, 0.5) is 0 Å². The topological polar surface area (TPSA) is 52.5 Å². The monoisotopic (exact) mass is 235 g/mol. The molecule has 3 N–H and O–H groups in total. The van der Waals surface area contributed by atoms with Crippen LogP contribution in [-0.2, 0) is 0 Å². The van der Waals surface area contributed by atoms with E-state index in [0.717, 1.165) is 31.2 Å². The van der Waals surface area contributed by atoms with E-state index in [9.17, 15) is 10.2 Å². The lowest BCUT2D eigenvalue weighted by atomic mass is 9.92. The SMILES string of the molecule is OC[C@@H](NC1CCC(O)CC1)c1ccccc1. The van der Waals surface area contributed by atoms with Crippen molar-refractivity contribution in [3.05, 3.63) is 35.9 Å². The van der Waals surface area contributed by atoms with Gasteiger partial charge in [-0.2, -0.15) is 0 Å². The lowest BCUT2D eigenvalue weighted by Crippen LogP contribution is -2.38. The summed E-state index contributed by atoms with van der Waals surface area (Å²) in [7, 11) is 0. The molecule has 0 aliphatic heterocycles. The first kappa shape index (κ1) is 12.6. The maximum absolute atomic E-state index is 9.46. The van der Waals surface area contributed by atoms with Gasteiger partial charge in [0, 0.05) is 6.04 Å². The zero-order valence-corrected chi connectivity index (χ0v) is 10.0. The van der Waals surface area contributed by atoms with E-state index >= 15 is 0 Å². The van der Waals surface area contributed by atoms with Crippen LogP contribution in [0.15, 0.2) is 30.3 Å². The van der Waals surface area contributed by atoms with Crippen LogP contribution in [-0.4, -0.2) is 29.0 Å².